The molecular weight excluding hydrogens is 226 g/mol. The van der Waals surface area contributed by atoms with Crippen molar-refractivity contribution in [3.63, 3.8) is 0 Å². The minimum Gasteiger partial charge on any atom is -0.395 e. The van der Waals surface area contributed by atoms with Crippen molar-refractivity contribution in [1.82, 2.24) is 0 Å². The summed E-state index contributed by atoms with van der Waals surface area (Å²) in [5, 5.41) is 9.12. The molecule has 0 bridgehead atoms. The third-order valence-electron chi connectivity index (χ3n) is 2.84. The molecule has 1 rings (SSSR count). The molecule has 0 unspecified atom stereocenters. The van der Waals surface area contributed by atoms with E-state index >= 15 is 0 Å². The molecule has 1 aromatic carbocycles. The molecule has 1 amide bonds. The van der Waals surface area contributed by atoms with Gasteiger partial charge in [0.05, 0.1) is 6.61 Å². The van der Waals surface area contributed by atoms with Crippen LogP contribution in [0.1, 0.15) is 32.8 Å². The first-order chi connectivity index (χ1) is 8.60. The third kappa shape index (κ3) is 3.84. The Balaban J connectivity index is 3.06. The van der Waals surface area contributed by atoms with E-state index in [1.807, 2.05) is 25.1 Å². The molecule has 0 aromatic heterocycles. The van der Waals surface area contributed by atoms with Crippen LogP contribution in [0.2, 0.25) is 0 Å². The van der Waals surface area contributed by atoms with Gasteiger partial charge in [-0.1, -0.05) is 39.0 Å². The summed E-state index contributed by atoms with van der Waals surface area (Å²) in [6.07, 6.45) is 1.39. The van der Waals surface area contributed by atoms with Crippen LogP contribution in [-0.2, 0) is 11.2 Å². The van der Waals surface area contributed by atoms with Gasteiger partial charge >= 0.3 is 0 Å². The lowest BCUT2D eigenvalue weighted by Crippen LogP contribution is -2.33. The van der Waals surface area contributed by atoms with Crippen LogP contribution in [0.5, 0.6) is 0 Å². The zero-order chi connectivity index (χ0) is 13.5. The Kier molecular flexibility index (Phi) is 5.86. The highest BCUT2D eigenvalue weighted by Crippen LogP contribution is 2.23. The van der Waals surface area contributed by atoms with E-state index in [1.165, 1.54) is 5.56 Å². The molecule has 0 saturated heterocycles. The third-order valence-corrected chi connectivity index (χ3v) is 2.84. The van der Waals surface area contributed by atoms with Crippen LogP contribution < -0.4 is 4.90 Å². The van der Waals surface area contributed by atoms with Gasteiger partial charge in [0, 0.05) is 18.7 Å². The molecule has 0 aliphatic carbocycles. The lowest BCUT2D eigenvalue weighted by atomic mass is 10.0. The summed E-state index contributed by atoms with van der Waals surface area (Å²) in [7, 11) is 0. The van der Waals surface area contributed by atoms with E-state index in [9.17, 15) is 4.79 Å². The van der Waals surface area contributed by atoms with Crippen molar-refractivity contribution in [2.24, 2.45) is 5.92 Å². The summed E-state index contributed by atoms with van der Waals surface area (Å²) in [6.45, 7) is 6.52. The predicted octanol–water partition coefficient (Wildman–Crippen LogP) is 2.62. The number of hydrogen-bond donors (Lipinski definition) is 1. The number of anilines is 1. The molecule has 0 fully saturated rings. The van der Waals surface area contributed by atoms with Crippen molar-refractivity contribution < 1.29 is 9.90 Å². The molecule has 3 heteroatoms. The SMILES string of the molecule is CCC(=O)N(CCO)c1ccccc1CC(C)C. The first-order valence-electron chi connectivity index (χ1n) is 6.59. The fraction of sp³-hybridized carbons (Fsp3) is 0.533. The fourth-order valence-corrected chi connectivity index (χ4v) is 2.06. The zero-order valence-electron chi connectivity index (χ0n) is 11.5. The molecule has 0 saturated carbocycles. The van der Waals surface area contributed by atoms with Gasteiger partial charge in [-0.2, -0.15) is 0 Å². The van der Waals surface area contributed by atoms with Gasteiger partial charge in [-0.15, -0.1) is 0 Å². The van der Waals surface area contributed by atoms with Crippen molar-refractivity contribution in [1.29, 1.82) is 0 Å². The Hall–Kier alpha value is -1.35. The van der Waals surface area contributed by atoms with E-state index in [2.05, 4.69) is 19.9 Å². The number of aliphatic hydroxyl groups excluding tert-OH is 1. The average Bonchev–Trinajstić information content (AvgIpc) is 2.35. The summed E-state index contributed by atoms with van der Waals surface area (Å²) in [6, 6.07) is 7.95. The summed E-state index contributed by atoms with van der Waals surface area (Å²) in [5.74, 6) is 0.596. The Morgan fingerprint density at radius 3 is 2.56 bits per heavy atom. The van der Waals surface area contributed by atoms with Crippen LogP contribution in [0, 0.1) is 5.92 Å². The zero-order valence-corrected chi connectivity index (χ0v) is 11.5. The van der Waals surface area contributed by atoms with Crippen LogP contribution in [0.25, 0.3) is 0 Å². The summed E-state index contributed by atoms with van der Waals surface area (Å²) < 4.78 is 0. The van der Waals surface area contributed by atoms with E-state index in [-0.39, 0.29) is 12.5 Å². The molecular formula is C15H23NO2. The summed E-state index contributed by atoms with van der Waals surface area (Å²) in [4.78, 5) is 13.6. The number of carbonyl (C=O) groups is 1. The fourth-order valence-electron chi connectivity index (χ4n) is 2.06. The van der Waals surface area contributed by atoms with Crippen molar-refractivity contribution in [2.75, 3.05) is 18.1 Å². The first-order valence-corrected chi connectivity index (χ1v) is 6.59. The van der Waals surface area contributed by atoms with Gasteiger partial charge in [0.1, 0.15) is 0 Å². The van der Waals surface area contributed by atoms with Crippen LogP contribution in [-0.4, -0.2) is 24.2 Å². The molecule has 3 nitrogen and oxygen atoms in total. The molecule has 100 valence electrons. The Labute approximate surface area is 109 Å². The molecule has 0 aliphatic rings. The minimum atomic E-state index is -0.0121. The smallest absolute Gasteiger partial charge is 0.226 e. The number of aliphatic hydroxyl groups is 1. The van der Waals surface area contributed by atoms with Crippen LogP contribution in [0.15, 0.2) is 24.3 Å². The van der Waals surface area contributed by atoms with Crippen LogP contribution >= 0.6 is 0 Å². The Bertz CT molecular complexity index is 388. The molecule has 1 aromatic rings. The molecule has 0 aliphatic heterocycles. The molecule has 0 heterocycles. The normalized spacial score (nSPS) is 10.7. The molecule has 0 spiro atoms. The number of amides is 1. The van der Waals surface area contributed by atoms with E-state index in [4.69, 9.17) is 5.11 Å². The molecule has 0 radical (unpaired) electrons. The monoisotopic (exact) mass is 249 g/mol. The number of para-hydroxylation sites is 1. The Morgan fingerprint density at radius 1 is 1.33 bits per heavy atom. The lowest BCUT2D eigenvalue weighted by molar-refractivity contribution is -0.118. The number of hydrogen-bond acceptors (Lipinski definition) is 2. The summed E-state index contributed by atoms with van der Waals surface area (Å²) in [5.41, 5.74) is 2.11. The number of rotatable bonds is 6. The van der Waals surface area contributed by atoms with Gasteiger partial charge in [0.2, 0.25) is 5.91 Å². The van der Waals surface area contributed by atoms with E-state index < -0.39 is 0 Å². The van der Waals surface area contributed by atoms with Gasteiger partial charge in [0.25, 0.3) is 0 Å². The predicted molar refractivity (Wildman–Crippen MR) is 74.7 cm³/mol. The Morgan fingerprint density at radius 2 is 2.00 bits per heavy atom. The van der Waals surface area contributed by atoms with Gasteiger partial charge < -0.3 is 10.0 Å². The largest absolute Gasteiger partial charge is 0.395 e. The second kappa shape index (κ2) is 7.17. The van der Waals surface area contributed by atoms with Gasteiger partial charge in [-0.05, 0) is 24.0 Å². The van der Waals surface area contributed by atoms with E-state index in [0.717, 1.165) is 12.1 Å². The highest BCUT2D eigenvalue weighted by Gasteiger charge is 2.16. The maximum Gasteiger partial charge on any atom is 0.226 e. The number of benzene rings is 1. The van der Waals surface area contributed by atoms with Crippen molar-refractivity contribution in [3.05, 3.63) is 29.8 Å². The second-order valence-corrected chi connectivity index (χ2v) is 4.85. The van der Waals surface area contributed by atoms with Crippen molar-refractivity contribution >= 4 is 11.6 Å². The highest BCUT2D eigenvalue weighted by molar-refractivity contribution is 5.93. The highest BCUT2D eigenvalue weighted by atomic mass is 16.3. The van der Waals surface area contributed by atoms with Crippen LogP contribution in [0.3, 0.4) is 0 Å². The first kappa shape index (κ1) is 14.7. The van der Waals surface area contributed by atoms with Gasteiger partial charge in [-0.3, -0.25) is 4.79 Å². The minimum absolute atomic E-state index is 0.0121. The molecule has 1 N–H and O–H groups in total. The number of nitrogens with zero attached hydrogens (tertiary/aromatic N) is 1. The number of carbonyl (C=O) groups excluding carboxylic acids is 1. The van der Waals surface area contributed by atoms with Gasteiger partial charge in [-0.25, -0.2) is 0 Å². The average molecular weight is 249 g/mol. The maximum atomic E-state index is 12.0. The second-order valence-electron chi connectivity index (χ2n) is 4.85. The quantitative estimate of drug-likeness (QED) is 0.842. The standard InChI is InChI=1S/C15H23NO2/c1-4-15(18)16(9-10-17)14-8-6-5-7-13(14)11-12(2)3/h5-8,12,17H,4,9-11H2,1-3H3. The van der Waals surface area contributed by atoms with Crippen LogP contribution in [0.4, 0.5) is 5.69 Å². The maximum absolute atomic E-state index is 12.0. The van der Waals surface area contributed by atoms with E-state index in [1.54, 1.807) is 4.90 Å². The topological polar surface area (TPSA) is 40.5 Å². The van der Waals surface area contributed by atoms with Gasteiger partial charge in [0.15, 0.2) is 0 Å². The van der Waals surface area contributed by atoms with Crippen molar-refractivity contribution in [3.8, 4) is 0 Å². The summed E-state index contributed by atoms with van der Waals surface area (Å²) >= 11 is 0. The van der Waals surface area contributed by atoms with E-state index in [0.29, 0.717) is 18.9 Å². The molecule has 18 heavy (non-hydrogen) atoms. The lowest BCUT2D eigenvalue weighted by Gasteiger charge is -2.24. The van der Waals surface area contributed by atoms with Crippen molar-refractivity contribution in [2.45, 2.75) is 33.6 Å². The molecule has 0 atom stereocenters.